The van der Waals surface area contributed by atoms with Gasteiger partial charge in [-0.25, -0.2) is 0 Å². The molecule has 0 saturated heterocycles. The summed E-state index contributed by atoms with van der Waals surface area (Å²) in [4.78, 5) is 0. The van der Waals surface area contributed by atoms with Crippen LogP contribution in [0.4, 0.5) is 0 Å². The Balaban J connectivity index is 1.40. The van der Waals surface area contributed by atoms with E-state index in [4.69, 9.17) is 0 Å². The Hall–Kier alpha value is -6.24. The normalized spacial score (nSPS) is 15.0. The van der Waals surface area contributed by atoms with Crippen LogP contribution in [0.2, 0.25) is 0 Å². The van der Waals surface area contributed by atoms with Gasteiger partial charge in [-0.2, -0.15) is 0 Å². The fraction of sp³-hybridized carbons (Fsp3) is 0.0769. The van der Waals surface area contributed by atoms with E-state index in [1.807, 2.05) is 0 Å². The number of fused-ring (bicyclic) bond motifs is 22. The van der Waals surface area contributed by atoms with Gasteiger partial charge in [0.25, 0.3) is 0 Å². The number of hydrogen-bond acceptors (Lipinski definition) is 0. The summed E-state index contributed by atoms with van der Waals surface area (Å²) in [6, 6.07) is 65.3. The molecule has 0 fully saturated rings. The lowest BCUT2D eigenvalue weighted by atomic mass is 9.51. The minimum Gasteiger partial charge on any atom is -0.0619 e. The van der Waals surface area contributed by atoms with Crippen LogP contribution in [0.1, 0.15) is 55.6 Å². The van der Waals surface area contributed by atoms with Crippen LogP contribution in [0.25, 0.3) is 54.6 Å². The molecule has 52 heavy (non-hydrogen) atoms. The SMILES string of the molecule is Cc1cc2c(cc1C)C1(c3ccccc3-c3ccccc31)c1cc3c4ccccc4c4ccccc4c3cc1C21c2ccccc2-c2ccccc21. The molecule has 12 rings (SSSR count). The molecule has 0 radical (unpaired) electrons. The zero-order valence-corrected chi connectivity index (χ0v) is 29.2. The number of rotatable bonds is 0. The molecule has 0 amide bonds. The lowest BCUT2D eigenvalue weighted by Crippen LogP contribution is -2.44. The molecule has 9 aromatic rings. The van der Waals surface area contributed by atoms with Gasteiger partial charge in [0.2, 0.25) is 0 Å². The molecule has 3 aliphatic rings. The molecule has 242 valence electrons. The van der Waals surface area contributed by atoms with Crippen molar-refractivity contribution in [2.24, 2.45) is 0 Å². The number of aryl methyl sites for hydroxylation is 2. The summed E-state index contributed by atoms with van der Waals surface area (Å²) in [5.41, 5.74) is 18.1. The summed E-state index contributed by atoms with van der Waals surface area (Å²) in [5.74, 6) is 0. The van der Waals surface area contributed by atoms with Crippen molar-refractivity contribution in [2.75, 3.05) is 0 Å². The maximum Gasteiger partial charge on any atom is 0.0720 e. The molecule has 3 aliphatic carbocycles. The van der Waals surface area contributed by atoms with E-state index in [0.29, 0.717) is 0 Å². The van der Waals surface area contributed by atoms with E-state index >= 15 is 0 Å². The molecule has 0 heterocycles. The number of hydrogen-bond donors (Lipinski definition) is 0. The zero-order valence-electron chi connectivity index (χ0n) is 29.2. The fourth-order valence-electron chi connectivity index (χ4n) is 10.9. The Morgan fingerprint density at radius 1 is 0.250 bits per heavy atom. The van der Waals surface area contributed by atoms with Crippen LogP contribution in [-0.4, -0.2) is 0 Å². The lowest BCUT2D eigenvalue weighted by Gasteiger charge is -2.49. The second-order valence-corrected chi connectivity index (χ2v) is 15.2. The third-order valence-electron chi connectivity index (χ3n) is 13.0. The van der Waals surface area contributed by atoms with E-state index in [-0.39, 0.29) is 0 Å². The quantitative estimate of drug-likeness (QED) is 0.142. The van der Waals surface area contributed by atoms with Crippen LogP contribution in [-0.2, 0) is 10.8 Å². The molecular formula is C52H34. The maximum atomic E-state index is 2.63. The van der Waals surface area contributed by atoms with Gasteiger partial charge < -0.3 is 0 Å². The molecule has 0 unspecified atom stereocenters. The lowest BCUT2D eigenvalue weighted by molar-refractivity contribution is 0.633. The van der Waals surface area contributed by atoms with Gasteiger partial charge in [-0.05, 0) is 136 Å². The van der Waals surface area contributed by atoms with E-state index in [1.165, 1.54) is 110 Å². The van der Waals surface area contributed by atoms with Gasteiger partial charge in [-0.1, -0.05) is 158 Å². The second kappa shape index (κ2) is 9.75. The topological polar surface area (TPSA) is 0 Å². The van der Waals surface area contributed by atoms with Crippen molar-refractivity contribution in [1.29, 1.82) is 0 Å². The monoisotopic (exact) mass is 658 g/mol. The summed E-state index contributed by atoms with van der Waals surface area (Å²) in [6.45, 7) is 4.60. The molecule has 0 bridgehead atoms. The van der Waals surface area contributed by atoms with Crippen molar-refractivity contribution in [1.82, 2.24) is 0 Å². The van der Waals surface area contributed by atoms with Crippen molar-refractivity contribution in [3.05, 3.63) is 225 Å². The molecule has 0 saturated carbocycles. The summed E-state index contributed by atoms with van der Waals surface area (Å²) < 4.78 is 0. The highest BCUT2D eigenvalue weighted by Crippen LogP contribution is 2.68. The van der Waals surface area contributed by atoms with Crippen LogP contribution in [0.15, 0.2) is 170 Å². The van der Waals surface area contributed by atoms with Gasteiger partial charge in [-0.3, -0.25) is 0 Å². The average molecular weight is 659 g/mol. The standard InChI is InChI=1S/C52H34/c1-31-27-47-48(28-32(31)2)52(45-25-13-9-21-39(45)40-22-10-14-26-46(40)52)50-30-42-36-18-6-4-16-34(36)33-15-3-5-17-35(33)41(42)29-49(50)51(47)43-23-11-7-19-37(43)38-20-8-12-24-44(38)51/h3-30H,1-2H3. The first kappa shape index (κ1) is 28.5. The van der Waals surface area contributed by atoms with Gasteiger partial charge in [0.1, 0.15) is 0 Å². The van der Waals surface area contributed by atoms with Crippen molar-refractivity contribution < 1.29 is 0 Å². The maximum absolute atomic E-state index is 2.63. The van der Waals surface area contributed by atoms with E-state index in [2.05, 4.69) is 184 Å². The molecular weight excluding hydrogens is 625 g/mol. The van der Waals surface area contributed by atoms with Crippen LogP contribution >= 0.6 is 0 Å². The summed E-state index contributed by atoms with van der Waals surface area (Å²) in [5, 5.41) is 7.86. The predicted molar refractivity (Wildman–Crippen MR) is 217 cm³/mol. The highest BCUT2D eigenvalue weighted by molar-refractivity contribution is 6.26. The molecule has 0 aliphatic heterocycles. The summed E-state index contributed by atoms with van der Waals surface area (Å²) in [7, 11) is 0. The first-order chi connectivity index (χ1) is 25.6. The minimum atomic E-state index is -0.505. The van der Waals surface area contributed by atoms with Gasteiger partial charge in [0.05, 0.1) is 10.8 Å². The van der Waals surface area contributed by atoms with Crippen LogP contribution < -0.4 is 0 Å². The molecule has 9 aromatic carbocycles. The van der Waals surface area contributed by atoms with Crippen LogP contribution in [0.5, 0.6) is 0 Å². The third kappa shape index (κ3) is 3.13. The van der Waals surface area contributed by atoms with Crippen molar-refractivity contribution in [3.8, 4) is 22.3 Å². The van der Waals surface area contributed by atoms with E-state index in [9.17, 15) is 0 Å². The van der Waals surface area contributed by atoms with E-state index in [0.717, 1.165) is 0 Å². The Morgan fingerprint density at radius 3 is 0.827 bits per heavy atom. The predicted octanol–water partition coefficient (Wildman–Crippen LogP) is 12.8. The fourth-order valence-corrected chi connectivity index (χ4v) is 10.9. The Labute approximate surface area is 303 Å². The highest BCUT2D eigenvalue weighted by atomic mass is 14.6. The number of benzene rings is 9. The van der Waals surface area contributed by atoms with Gasteiger partial charge in [-0.15, -0.1) is 0 Å². The van der Waals surface area contributed by atoms with Gasteiger partial charge in [0.15, 0.2) is 0 Å². The molecule has 0 N–H and O–H groups in total. The zero-order chi connectivity index (χ0) is 34.3. The average Bonchev–Trinajstić information content (AvgIpc) is 3.66. The highest BCUT2D eigenvalue weighted by Gasteiger charge is 2.59. The Bertz CT molecular complexity index is 2750. The first-order valence-electron chi connectivity index (χ1n) is 18.5. The van der Waals surface area contributed by atoms with E-state index in [1.54, 1.807) is 0 Å². The van der Waals surface area contributed by atoms with Crippen LogP contribution in [0.3, 0.4) is 0 Å². The van der Waals surface area contributed by atoms with E-state index < -0.39 is 10.8 Å². The molecule has 0 atom stereocenters. The first-order valence-corrected chi connectivity index (χ1v) is 18.5. The third-order valence-corrected chi connectivity index (χ3v) is 13.0. The largest absolute Gasteiger partial charge is 0.0720 e. The summed E-state index contributed by atoms with van der Waals surface area (Å²) >= 11 is 0. The smallest absolute Gasteiger partial charge is 0.0619 e. The molecule has 0 aromatic heterocycles. The van der Waals surface area contributed by atoms with Crippen LogP contribution in [0, 0.1) is 13.8 Å². The molecule has 2 spiro atoms. The Kier molecular flexibility index (Phi) is 5.34. The Morgan fingerprint density at radius 2 is 0.500 bits per heavy atom. The second-order valence-electron chi connectivity index (χ2n) is 15.2. The van der Waals surface area contributed by atoms with Crippen molar-refractivity contribution in [2.45, 2.75) is 24.7 Å². The molecule has 0 nitrogen and oxygen atoms in total. The van der Waals surface area contributed by atoms with Crippen molar-refractivity contribution >= 4 is 32.3 Å². The summed E-state index contributed by atoms with van der Waals surface area (Å²) in [6.07, 6.45) is 0. The van der Waals surface area contributed by atoms with Gasteiger partial charge >= 0.3 is 0 Å². The van der Waals surface area contributed by atoms with Crippen molar-refractivity contribution in [3.63, 3.8) is 0 Å². The minimum absolute atomic E-state index is 0.505. The van der Waals surface area contributed by atoms with Gasteiger partial charge in [0, 0.05) is 0 Å². The molecule has 0 heteroatoms.